The minimum absolute atomic E-state index is 0.145. The summed E-state index contributed by atoms with van der Waals surface area (Å²) in [5.41, 5.74) is 12.2. The van der Waals surface area contributed by atoms with Crippen molar-refractivity contribution in [3.05, 3.63) is 70.5 Å². The average molecular weight is 350 g/mol. The summed E-state index contributed by atoms with van der Waals surface area (Å²) in [5, 5.41) is 3.32. The Hall–Kier alpha value is -2.57. The number of allylic oxidation sites excluding steroid dienone is 2. The van der Waals surface area contributed by atoms with Gasteiger partial charge in [-0.2, -0.15) is 0 Å². The van der Waals surface area contributed by atoms with Crippen molar-refractivity contribution in [1.29, 1.82) is 0 Å². The molecule has 8 heteroatoms. The van der Waals surface area contributed by atoms with E-state index >= 15 is 0 Å². The van der Waals surface area contributed by atoms with Gasteiger partial charge in [-0.05, 0) is 36.6 Å². The van der Waals surface area contributed by atoms with E-state index in [1.807, 2.05) is 0 Å². The Labute approximate surface area is 142 Å². The number of halogens is 2. The average Bonchev–Trinajstić information content (AvgIpc) is 2.55. The van der Waals surface area contributed by atoms with Gasteiger partial charge in [-0.15, -0.1) is 0 Å². The molecule has 2 rings (SSSR count). The first-order chi connectivity index (χ1) is 11.0. The maximum atomic E-state index is 12.1. The lowest BCUT2D eigenvalue weighted by Gasteiger charge is -2.06. The highest BCUT2D eigenvalue weighted by molar-refractivity contribution is 6.42. The van der Waals surface area contributed by atoms with Gasteiger partial charge in [0.25, 0.3) is 5.91 Å². The van der Waals surface area contributed by atoms with E-state index in [2.05, 4.69) is 15.3 Å². The molecule has 0 spiro atoms. The second-order valence-corrected chi connectivity index (χ2v) is 5.19. The van der Waals surface area contributed by atoms with Crippen LogP contribution in [0, 0.1) is 0 Å². The van der Waals surface area contributed by atoms with Crippen molar-refractivity contribution in [2.24, 2.45) is 11.5 Å². The number of carbonyl (C=O) groups excluding carboxylic acids is 1. The largest absolute Gasteiger partial charge is 0.405 e. The van der Waals surface area contributed by atoms with Gasteiger partial charge in [0.2, 0.25) is 0 Å². The second-order valence-electron chi connectivity index (χ2n) is 4.38. The molecule has 1 aromatic heterocycles. The van der Waals surface area contributed by atoms with Gasteiger partial charge in [-0.3, -0.25) is 4.79 Å². The van der Waals surface area contributed by atoms with Crippen molar-refractivity contribution in [3.63, 3.8) is 0 Å². The smallest absolute Gasteiger partial charge is 0.275 e. The molecule has 0 saturated carbocycles. The van der Waals surface area contributed by atoms with Crippen molar-refractivity contribution in [3.8, 4) is 11.3 Å². The van der Waals surface area contributed by atoms with E-state index in [1.165, 1.54) is 30.7 Å². The molecule has 0 radical (unpaired) electrons. The third-order valence-electron chi connectivity index (χ3n) is 2.76. The van der Waals surface area contributed by atoms with E-state index in [0.29, 0.717) is 21.3 Å². The molecule has 1 aromatic carbocycles. The minimum atomic E-state index is -0.465. The van der Waals surface area contributed by atoms with Gasteiger partial charge in [0.1, 0.15) is 17.8 Å². The summed E-state index contributed by atoms with van der Waals surface area (Å²) in [4.78, 5) is 20.2. The van der Waals surface area contributed by atoms with Crippen LogP contribution in [0.3, 0.4) is 0 Å². The Balaban J connectivity index is 2.25. The number of hydrogen-bond acceptors (Lipinski definition) is 5. The number of amides is 1. The standard InChI is InChI=1S/C15H13Cl2N5O/c16-10-4-3-9(6-11(10)17)12-7-13(21-8-20-12)15(23)22-14(19)2-1-5-18/h1-8H,18-19H2,(H,22,23)/b5-1-,14-2+. The highest BCUT2D eigenvalue weighted by atomic mass is 35.5. The Bertz CT molecular complexity index is 789. The monoisotopic (exact) mass is 349 g/mol. The lowest BCUT2D eigenvalue weighted by molar-refractivity contribution is 0.0960. The van der Waals surface area contributed by atoms with Crippen molar-refractivity contribution < 1.29 is 4.79 Å². The van der Waals surface area contributed by atoms with Gasteiger partial charge in [0.05, 0.1) is 15.7 Å². The quantitative estimate of drug-likeness (QED) is 0.735. The van der Waals surface area contributed by atoms with E-state index in [-0.39, 0.29) is 11.5 Å². The van der Waals surface area contributed by atoms with Crippen LogP contribution in [0.25, 0.3) is 11.3 Å². The summed E-state index contributed by atoms with van der Waals surface area (Å²) in [7, 11) is 0. The zero-order valence-corrected chi connectivity index (χ0v) is 13.3. The third-order valence-corrected chi connectivity index (χ3v) is 3.50. The highest BCUT2D eigenvalue weighted by Gasteiger charge is 2.11. The molecule has 6 nitrogen and oxygen atoms in total. The van der Waals surface area contributed by atoms with Crippen LogP contribution in [0.1, 0.15) is 10.5 Å². The van der Waals surface area contributed by atoms with Crippen LogP contribution in [0.15, 0.2) is 54.8 Å². The second kappa shape index (κ2) is 7.62. The lowest BCUT2D eigenvalue weighted by atomic mass is 10.1. The molecule has 0 atom stereocenters. The van der Waals surface area contributed by atoms with Crippen LogP contribution in [-0.2, 0) is 0 Å². The molecule has 0 unspecified atom stereocenters. The van der Waals surface area contributed by atoms with Crippen LogP contribution in [0.5, 0.6) is 0 Å². The molecule has 5 N–H and O–H groups in total. The molecule has 0 saturated heterocycles. The molecular weight excluding hydrogens is 337 g/mol. The Morgan fingerprint density at radius 2 is 1.96 bits per heavy atom. The van der Waals surface area contributed by atoms with E-state index in [1.54, 1.807) is 18.2 Å². The fourth-order valence-electron chi connectivity index (χ4n) is 1.69. The molecule has 0 aliphatic heterocycles. The number of benzene rings is 1. The predicted molar refractivity (Wildman–Crippen MR) is 90.6 cm³/mol. The van der Waals surface area contributed by atoms with Gasteiger partial charge < -0.3 is 16.8 Å². The number of nitrogens with zero attached hydrogens (tertiary/aromatic N) is 2. The third kappa shape index (κ3) is 4.45. The molecule has 0 aliphatic rings. The fraction of sp³-hybridized carbons (Fsp3) is 0. The summed E-state index contributed by atoms with van der Waals surface area (Å²) in [6.07, 6.45) is 5.54. The van der Waals surface area contributed by atoms with Crippen molar-refractivity contribution in [1.82, 2.24) is 15.3 Å². The number of aromatic nitrogens is 2. The molecule has 23 heavy (non-hydrogen) atoms. The first-order valence-electron chi connectivity index (χ1n) is 6.44. The van der Waals surface area contributed by atoms with E-state index in [9.17, 15) is 4.79 Å². The number of nitrogens with one attached hydrogen (secondary N) is 1. The van der Waals surface area contributed by atoms with Crippen molar-refractivity contribution in [2.75, 3.05) is 0 Å². The number of carbonyl (C=O) groups is 1. The first kappa shape index (κ1) is 16.8. The molecule has 2 aromatic rings. The van der Waals surface area contributed by atoms with Crippen LogP contribution >= 0.6 is 23.2 Å². The molecule has 0 fully saturated rings. The maximum Gasteiger partial charge on any atom is 0.275 e. The summed E-state index contributed by atoms with van der Waals surface area (Å²) in [5.74, 6) is -0.320. The Kier molecular flexibility index (Phi) is 5.56. The normalized spacial score (nSPS) is 11.7. The van der Waals surface area contributed by atoms with Gasteiger partial charge in [-0.1, -0.05) is 29.3 Å². The molecular formula is C15H13Cl2N5O. The van der Waals surface area contributed by atoms with E-state index < -0.39 is 5.91 Å². The van der Waals surface area contributed by atoms with Crippen LogP contribution < -0.4 is 16.8 Å². The summed E-state index contributed by atoms with van der Waals surface area (Å²) in [6, 6.07) is 6.59. The minimum Gasteiger partial charge on any atom is -0.405 e. The molecule has 0 bridgehead atoms. The molecule has 1 amide bonds. The lowest BCUT2D eigenvalue weighted by Crippen LogP contribution is -2.28. The SMILES string of the molecule is N/C=C\C=C(/N)NC(=O)c1cc(-c2ccc(Cl)c(Cl)c2)ncn1. The molecule has 0 aliphatic carbocycles. The molecule has 1 heterocycles. The summed E-state index contributed by atoms with van der Waals surface area (Å²) >= 11 is 11.9. The Morgan fingerprint density at radius 3 is 2.65 bits per heavy atom. The Morgan fingerprint density at radius 1 is 1.17 bits per heavy atom. The van der Waals surface area contributed by atoms with E-state index in [0.717, 1.165) is 0 Å². The topological polar surface area (TPSA) is 107 Å². The van der Waals surface area contributed by atoms with Crippen LogP contribution in [0.2, 0.25) is 10.0 Å². The number of nitrogens with two attached hydrogens (primary N) is 2. The predicted octanol–water partition coefficient (Wildman–Crippen LogP) is 2.45. The van der Waals surface area contributed by atoms with Gasteiger partial charge >= 0.3 is 0 Å². The summed E-state index contributed by atoms with van der Waals surface area (Å²) < 4.78 is 0. The summed E-state index contributed by atoms with van der Waals surface area (Å²) in [6.45, 7) is 0. The zero-order chi connectivity index (χ0) is 16.8. The maximum absolute atomic E-state index is 12.1. The van der Waals surface area contributed by atoms with Crippen LogP contribution in [-0.4, -0.2) is 15.9 Å². The molecule has 118 valence electrons. The number of hydrogen-bond donors (Lipinski definition) is 3. The number of rotatable bonds is 4. The van der Waals surface area contributed by atoms with E-state index in [4.69, 9.17) is 34.7 Å². The zero-order valence-electron chi connectivity index (χ0n) is 11.8. The van der Waals surface area contributed by atoms with Crippen LogP contribution in [0.4, 0.5) is 0 Å². The van der Waals surface area contributed by atoms with Crippen molar-refractivity contribution in [2.45, 2.75) is 0 Å². The highest BCUT2D eigenvalue weighted by Crippen LogP contribution is 2.27. The van der Waals surface area contributed by atoms with Gasteiger partial charge in [0, 0.05) is 5.56 Å². The van der Waals surface area contributed by atoms with Gasteiger partial charge in [0.15, 0.2) is 0 Å². The van der Waals surface area contributed by atoms with Gasteiger partial charge in [-0.25, -0.2) is 9.97 Å². The first-order valence-corrected chi connectivity index (χ1v) is 7.19. The van der Waals surface area contributed by atoms with Crippen molar-refractivity contribution >= 4 is 29.1 Å². The fourth-order valence-corrected chi connectivity index (χ4v) is 1.99.